The Morgan fingerprint density at radius 1 is 1.30 bits per heavy atom. The van der Waals surface area contributed by atoms with Crippen molar-refractivity contribution in [3.05, 3.63) is 40.7 Å². The number of hydrogen-bond donors (Lipinski definition) is 2. The highest BCUT2D eigenvalue weighted by atomic mass is 16.5. The number of rotatable bonds is 5. The van der Waals surface area contributed by atoms with Gasteiger partial charge in [0.2, 0.25) is 0 Å². The molecule has 0 atom stereocenters. The van der Waals surface area contributed by atoms with Crippen LogP contribution in [0.5, 0.6) is 11.5 Å². The highest BCUT2D eigenvalue weighted by Gasteiger charge is 2.10. The fourth-order valence-electron chi connectivity index (χ4n) is 2.27. The van der Waals surface area contributed by atoms with Gasteiger partial charge in [-0.05, 0) is 19.9 Å². The summed E-state index contributed by atoms with van der Waals surface area (Å²) >= 11 is 0. The molecule has 0 unspecified atom stereocenters. The lowest BCUT2D eigenvalue weighted by molar-refractivity contribution is 0.369. The van der Waals surface area contributed by atoms with Crippen molar-refractivity contribution in [3.8, 4) is 11.5 Å². The smallest absolute Gasteiger partial charge is 0.162 e. The molecular formula is C15H21N3O2. The Hall–Kier alpha value is -2.01. The zero-order valence-corrected chi connectivity index (χ0v) is 12.4. The molecule has 2 aromatic rings. The van der Waals surface area contributed by atoms with Crippen LogP contribution in [-0.4, -0.2) is 22.0 Å². The van der Waals surface area contributed by atoms with E-state index in [2.05, 4.69) is 17.3 Å². The third-order valence-corrected chi connectivity index (χ3v) is 3.58. The maximum Gasteiger partial charge on any atom is 0.162 e. The second-order valence-electron chi connectivity index (χ2n) is 4.84. The molecule has 5 nitrogen and oxygen atoms in total. The lowest BCUT2D eigenvalue weighted by atomic mass is 10.1. The Morgan fingerprint density at radius 3 is 2.65 bits per heavy atom. The minimum atomic E-state index is 0.196. The highest BCUT2D eigenvalue weighted by molar-refractivity contribution is 5.45. The zero-order chi connectivity index (χ0) is 14.7. The fourth-order valence-corrected chi connectivity index (χ4v) is 2.27. The van der Waals surface area contributed by atoms with Gasteiger partial charge in [0.05, 0.1) is 12.8 Å². The molecule has 0 amide bonds. The van der Waals surface area contributed by atoms with E-state index in [9.17, 15) is 5.11 Å². The molecule has 1 aromatic carbocycles. The summed E-state index contributed by atoms with van der Waals surface area (Å²) in [4.78, 5) is 0. The van der Waals surface area contributed by atoms with E-state index >= 15 is 0 Å². The van der Waals surface area contributed by atoms with Gasteiger partial charge in [-0.15, -0.1) is 0 Å². The molecule has 0 aliphatic rings. The number of methoxy groups -OCH3 is 1. The number of benzene rings is 1. The average Bonchev–Trinajstić information content (AvgIpc) is 2.67. The number of ether oxygens (including phenoxy) is 1. The van der Waals surface area contributed by atoms with Crippen molar-refractivity contribution < 1.29 is 9.84 Å². The first-order valence-corrected chi connectivity index (χ1v) is 6.59. The number of nitrogens with zero attached hydrogens (tertiary/aromatic N) is 2. The molecule has 0 aliphatic heterocycles. The predicted octanol–water partition coefficient (Wildman–Crippen LogP) is 2.04. The molecule has 0 aliphatic carbocycles. The van der Waals surface area contributed by atoms with Gasteiger partial charge < -0.3 is 15.2 Å². The number of aromatic nitrogens is 2. The number of aromatic hydroxyl groups is 1. The minimum absolute atomic E-state index is 0.196. The van der Waals surface area contributed by atoms with Gasteiger partial charge in [-0.2, -0.15) is 5.10 Å². The van der Waals surface area contributed by atoms with E-state index < -0.39 is 0 Å². The van der Waals surface area contributed by atoms with Gasteiger partial charge in [-0.25, -0.2) is 0 Å². The SMILES string of the molecule is COc1cccc(CNCc2c(C)nn(C)c2C)c1O. The third-order valence-electron chi connectivity index (χ3n) is 3.58. The second kappa shape index (κ2) is 5.96. The van der Waals surface area contributed by atoms with Gasteiger partial charge in [0.25, 0.3) is 0 Å². The molecule has 0 radical (unpaired) electrons. The predicted molar refractivity (Wildman–Crippen MR) is 77.9 cm³/mol. The molecule has 2 N–H and O–H groups in total. The third kappa shape index (κ3) is 2.77. The Kier molecular flexibility index (Phi) is 4.29. The normalized spacial score (nSPS) is 10.8. The van der Waals surface area contributed by atoms with Gasteiger partial charge in [0.1, 0.15) is 0 Å². The summed E-state index contributed by atoms with van der Waals surface area (Å²) in [6.45, 7) is 5.37. The first-order valence-electron chi connectivity index (χ1n) is 6.59. The summed E-state index contributed by atoms with van der Waals surface area (Å²) in [5.41, 5.74) is 4.22. The fraction of sp³-hybridized carbons (Fsp3) is 0.400. The molecule has 0 bridgehead atoms. The van der Waals surface area contributed by atoms with E-state index in [0.29, 0.717) is 12.3 Å². The topological polar surface area (TPSA) is 59.3 Å². The second-order valence-corrected chi connectivity index (χ2v) is 4.84. The monoisotopic (exact) mass is 275 g/mol. The van der Waals surface area contributed by atoms with E-state index in [1.54, 1.807) is 13.2 Å². The highest BCUT2D eigenvalue weighted by Crippen LogP contribution is 2.29. The van der Waals surface area contributed by atoms with Crippen LogP contribution in [-0.2, 0) is 20.1 Å². The Labute approximate surface area is 119 Å². The summed E-state index contributed by atoms with van der Waals surface area (Å²) in [5.74, 6) is 0.695. The van der Waals surface area contributed by atoms with Crippen molar-refractivity contribution in [1.82, 2.24) is 15.1 Å². The van der Waals surface area contributed by atoms with Gasteiger partial charge in [0, 0.05) is 37.0 Å². The summed E-state index contributed by atoms with van der Waals surface area (Å²) in [6.07, 6.45) is 0. The van der Waals surface area contributed by atoms with Crippen LogP contribution < -0.4 is 10.1 Å². The van der Waals surface area contributed by atoms with Crippen molar-refractivity contribution >= 4 is 0 Å². The molecule has 1 aromatic heterocycles. The zero-order valence-electron chi connectivity index (χ0n) is 12.4. The number of hydrogen-bond acceptors (Lipinski definition) is 4. The molecule has 5 heteroatoms. The Balaban J connectivity index is 2.03. The van der Waals surface area contributed by atoms with Crippen molar-refractivity contribution in [2.45, 2.75) is 26.9 Å². The van der Waals surface area contributed by atoms with Crippen molar-refractivity contribution in [3.63, 3.8) is 0 Å². The van der Waals surface area contributed by atoms with Crippen LogP contribution in [0.4, 0.5) is 0 Å². The Morgan fingerprint density at radius 2 is 2.05 bits per heavy atom. The van der Waals surface area contributed by atoms with Crippen LogP contribution >= 0.6 is 0 Å². The maximum atomic E-state index is 10.0. The van der Waals surface area contributed by atoms with E-state index in [1.807, 2.05) is 30.8 Å². The molecule has 108 valence electrons. The number of para-hydroxylation sites is 1. The van der Waals surface area contributed by atoms with Crippen LogP contribution in [0.15, 0.2) is 18.2 Å². The summed E-state index contributed by atoms with van der Waals surface area (Å²) in [7, 11) is 3.49. The van der Waals surface area contributed by atoms with Crippen LogP contribution in [0, 0.1) is 13.8 Å². The van der Waals surface area contributed by atoms with Gasteiger partial charge in [-0.1, -0.05) is 12.1 Å². The lowest BCUT2D eigenvalue weighted by Crippen LogP contribution is -2.14. The van der Waals surface area contributed by atoms with Gasteiger partial charge in [-0.3, -0.25) is 4.68 Å². The van der Waals surface area contributed by atoms with Gasteiger partial charge in [0.15, 0.2) is 11.5 Å². The van der Waals surface area contributed by atoms with Crippen LogP contribution in [0.1, 0.15) is 22.5 Å². The molecule has 20 heavy (non-hydrogen) atoms. The largest absolute Gasteiger partial charge is 0.504 e. The average molecular weight is 275 g/mol. The Bertz CT molecular complexity index is 605. The molecule has 1 heterocycles. The quantitative estimate of drug-likeness (QED) is 0.876. The molecule has 0 fully saturated rings. The standard InChI is InChI=1S/C15H21N3O2/c1-10-13(11(2)18(3)17-10)9-16-8-12-6-5-7-14(20-4)15(12)19/h5-7,16,19H,8-9H2,1-4H3. The van der Waals surface area contributed by atoms with Crippen molar-refractivity contribution in [2.24, 2.45) is 7.05 Å². The molecule has 0 saturated carbocycles. The lowest BCUT2D eigenvalue weighted by Gasteiger charge is -2.10. The van der Waals surface area contributed by atoms with Crippen LogP contribution in [0.2, 0.25) is 0 Å². The number of phenolic OH excluding ortho intramolecular Hbond substituents is 1. The minimum Gasteiger partial charge on any atom is -0.504 e. The van der Waals surface area contributed by atoms with Crippen molar-refractivity contribution in [2.75, 3.05) is 7.11 Å². The summed E-state index contributed by atoms with van der Waals surface area (Å²) < 4.78 is 6.98. The maximum absolute atomic E-state index is 10.0. The van der Waals surface area contributed by atoms with Crippen LogP contribution in [0.3, 0.4) is 0 Å². The number of aryl methyl sites for hydroxylation is 2. The van der Waals surface area contributed by atoms with E-state index in [0.717, 1.165) is 23.5 Å². The molecule has 0 saturated heterocycles. The molecular weight excluding hydrogens is 254 g/mol. The first-order chi connectivity index (χ1) is 9.54. The van der Waals surface area contributed by atoms with Gasteiger partial charge >= 0.3 is 0 Å². The van der Waals surface area contributed by atoms with Crippen molar-refractivity contribution in [1.29, 1.82) is 0 Å². The number of nitrogens with one attached hydrogen (secondary N) is 1. The molecule has 0 spiro atoms. The van der Waals surface area contributed by atoms with E-state index in [-0.39, 0.29) is 5.75 Å². The van der Waals surface area contributed by atoms with E-state index in [1.165, 1.54) is 5.56 Å². The first kappa shape index (κ1) is 14.4. The number of phenols is 1. The van der Waals surface area contributed by atoms with Crippen LogP contribution in [0.25, 0.3) is 0 Å². The molecule has 2 rings (SSSR count). The summed E-state index contributed by atoms with van der Waals surface area (Å²) in [5, 5.41) is 17.7. The summed E-state index contributed by atoms with van der Waals surface area (Å²) in [6, 6.07) is 5.50. The van der Waals surface area contributed by atoms with E-state index in [4.69, 9.17) is 4.74 Å².